The average molecular weight is 319 g/mol. The molecule has 1 aliphatic heterocycles. The van der Waals surface area contributed by atoms with Crippen LogP contribution in [0.4, 0.5) is 5.69 Å². The maximum absolute atomic E-state index is 12.0. The van der Waals surface area contributed by atoms with E-state index in [0.29, 0.717) is 23.2 Å². The highest BCUT2D eigenvalue weighted by molar-refractivity contribution is 7.21. The second-order valence-corrected chi connectivity index (χ2v) is 6.83. The Balaban J connectivity index is 2.03. The summed E-state index contributed by atoms with van der Waals surface area (Å²) in [7, 11) is 0. The van der Waals surface area contributed by atoms with Crippen molar-refractivity contribution >= 4 is 33.2 Å². The maximum Gasteiger partial charge on any atom is 0.350 e. The molecule has 0 spiro atoms. The van der Waals surface area contributed by atoms with E-state index in [-0.39, 0.29) is 5.97 Å². The molecule has 118 valence electrons. The fraction of sp³-hybridized carbons (Fsp3) is 0.500. The lowest BCUT2D eigenvalue weighted by atomic mass is 10.0. The van der Waals surface area contributed by atoms with E-state index < -0.39 is 0 Å². The van der Waals surface area contributed by atoms with Crippen LogP contribution in [0.2, 0.25) is 0 Å². The number of pyridine rings is 1. The summed E-state index contributed by atoms with van der Waals surface area (Å²) < 4.78 is 5.07. The van der Waals surface area contributed by atoms with Crippen LogP contribution in [-0.4, -0.2) is 35.0 Å². The summed E-state index contributed by atoms with van der Waals surface area (Å²) >= 11 is 1.33. The van der Waals surface area contributed by atoms with Gasteiger partial charge in [-0.15, -0.1) is 11.3 Å². The summed E-state index contributed by atoms with van der Waals surface area (Å²) in [4.78, 5) is 20.4. The first kappa shape index (κ1) is 15.2. The van der Waals surface area contributed by atoms with Gasteiger partial charge in [0.25, 0.3) is 0 Å². The third kappa shape index (κ3) is 2.57. The van der Waals surface area contributed by atoms with Gasteiger partial charge in [0, 0.05) is 36.6 Å². The van der Waals surface area contributed by atoms with E-state index in [2.05, 4.69) is 24.8 Å². The molecule has 3 heterocycles. The lowest BCUT2D eigenvalue weighted by molar-refractivity contribution is 0.0533. The number of aromatic nitrogens is 1. The van der Waals surface area contributed by atoms with Crippen molar-refractivity contribution in [1.29, 1.82) is 0 Å². The molecule has 5 nitrogen and oxygen atoms in total. The van der Waals surface area contributed by atoms with Gasteiger partial charge in [-0.3, -0.25) is 4.90 Å². The third-order valence-corrected chi connectivity index (χ3v) is 5.19. The molecule has 2 aromatic rings. The molecule has 0 aliphatic carbocycles. The highest BCUT2D eigenvalue weighted by Gasteiger charge is 2.23. The van der Waals surface area contributed by atoms with E-state index in [4.69, 9.17) is 15.5 Å². The fourth-order valence-electron chi connectivity index (χ4n) is 2.81. The predicted molar refractivity (Wildman–Crippen MR) is 89.2 cm³/mol. The second-order valence-electron chi connectivity index (χ2n) is 5.83. The Bertz CT molecular complexity index is 724. The number of carbonyl (C=O) groups excluding carboxylic acids is 1. The molecular weight excluding hydrogens is 298 g/mol. The first-order valence-electron chi connectivity index (χ1n) is 7.63. The molecular formula is C16H21N3O2S. The number of nitrogen functional groups attached to an aromatic ring is 1. The van der Waals surface area contributed by atoms with Gasteiger partial charge in [0.2, 0.25) is 0 Å². The normalized spacial score (nSPS) is 15.3. The highest BCUT2D eigenvalue weighted by Crippen LogP contribution is 2.35. The molecule has 0 saturated heterocycles. The van der Waals surface area contributed by atoms with Gasteiger partial charge in [-0.1, -0.05) is 0 Å². The van der Waals surface area contributed by atoms with Crippen LogP contribution in [0.3, 0.4) is 0 Å². The number of hydrogen-bond donors (Lipinski definition) is 1. The Hall–Kier alpha value is -1.66. The summed E-state index contributed by atoms with van der Waals surface area (Å²) in [5, 5.41) is 0.873. The van der Waals surface area contributed by atoms with Crippen molar-refractivity contribution in [2.24, 2.45) is 0 Å². The van der Waals surface area contributed by atoms with Crippen molar-refractivity contribution in [3.05, 3.63) is 22.2 Å². The Morgan fingerprint density at radius 3 is 3.00 bits per heavy atom. The first-order valence-corrected chi connectivity index (χ1v) is 8.44. The minimum atomic E-state index is -0.357. The topological polar surface area (TPSA) is 68.4 Å². The van der Waals surface area contributed by atoms with Crippen molar-refractivity contribution in [1.82, 2.24) is 9.88 Å². The van der Waals surface area contributed by atoms with Gasteiger partial charge in [0.15, 0.2) is 0 Å². The minimum absolute atomic E-state index is 0.347. The number of esters is 1. The molecule has 1 aliphatic rings. The monoisotopic (exact) mass is 319 g/mol. The number of nitrogens with zero attached hydrogens (tertiary/aromatic N) is 2. The molecule has 0 bridgehead atoms. The van der Waals surface area contributed by atoms with Crippen LogP contribution in [0.1, 0.15) is 41.7 Å². The molecule has 22 heavy (non-hydrogen) atoms. The van der Waals surface area contributed by atoms with Crippen molar-refractivity contribution in [2.75, 3.05) is 18.9 Å². The zero-order chi connectivity index (χ0) is 15.9. The predicted octanol–water partition coefficient (Wildman–Crippen LogP) is 2.82. The molecule has 2 aromatic heterocycles. The number of thiophene rings is 1. The van der Waals surface area contributed by atoms with Gasteiger partial charge in [0.1, 0.15) is 9.71 Å². The Morgan fingerprint density at radius 1 is 1.55 bits per heavy atom. The third-order valence-electron chi connectivity index (χ3n) is 4.09. The molecule has 0 radical (unpaired) electrons. The zero-order valence-electron chi connectivity index (χ0n) is 13.2. The van der Waals surface area contributed by atoms with E-state index in [1.165, 1.54) is 16.9 Å². The van der Waals surface area contributed by atoms with Gasteiger partial charge >= 0.3 is 5.97 Å². The summed E-state index contributed by atoms with van der Waals surface area (Å²) in [6.45, 7) is 8.46. The SMILES string of the molecule is CCOC(=O)c1sc2nc3c(cc2c1N)CN(C(C)C)CC3. The van der Waals surface area contributed by atoms with Gasteiger partial charge in [-0.25, -0.2) is 9.78 Å². The van der Waals surface area contributed by atoms with Crippen molar-refractivity contribution in [3.63, 3.8) is 0 Å². The number of anilines is 1. The standard InChI is InChI=1S/C16H21N3O2S/c1-4-21-16(20)14-13(17)11-7-10-8-19(9(2)3)6-5-12(10)18-15(11)22-14/h7,9H,4-6,8,17H2,1-3H3. The van der Waals surface area contributed by atoms with Gasteiger partial charge in [-0.05, 0) is 32.4 Å². The van der Waals surface area contributed by atoms with Gasteiger partial charge < -0.3 is 10.5 Å². The van der Waals surface area contributed by atoms with Crippen molar-refractivity contribution < 1.29 is 9.53 Å². The molecule has 0 unspecified atom stereocenters. The second kappa shape index (κ2) is 5.85. The maximum atomic E-state index is 12.0. The molecule has 3 rings (SSSR count). The molecule has 0 saturated carbocycles. The molecule has 2 N–H and O–H groups in total. The first-order chi connectivity index (χ1) is 10.5. The molecule has 0 fully saturated rings. The minimum Gasteiger partial charge on any atom is -0.462 e. The quantitative estimate of drug-likeness (QED) is 0.881. The van der Waals surface area contributed by atoms with E-state index in [9.17, 15) is 4.79 Å². The van der Waals surface area contributed by atoms with E-state index in [1.54, 1.807) is 6.92 Å². The Labute approximate surface area is 134 Å². The number of nitrogens with two attached hydrogens (primary N) is 1. The Kier molecular flexibility index (Phi) is 4.06. The van der Waals surface area contributed by atoms with Crippen LogP contribution < -0.4 is 5.73 Å². The van der Waals surface area contributed by atoms with Crippen LogP contribution in [0.15, 0.2) is 6.07 Å². The largest absolute Gasteiger partial charge is 0.462 e. The number of fused-ring (bicyclic) bond motifs is 2. The van der Waals surface area contributed by atoms with Crippen LogP contribution in [0.5, 0.6) is 0 Å². The number of carbonyl (C=O) groups is 1. The Morgan fingerprint density at radius 2 is 2.32 bits per heavy atom. The summed E-state index contributed by atoms with van der Waals surface area (Å²) in [5.41, 5.74) is 8.99. The van der Waals surface area contributed by atoms with Gasteiger partial charge in [-0.2, -0.15) is 0 Å². The lowest BCUT2D eigenvalue weighted by Crippen LogP contribution is -2.36. The zero-order valence-corrected chi connectivity index (χ0v) is 14.0. The number of rotatable bonds is 3. The smallest absolute Gasteiger partial charge is 0.350 e. The van der Waals surface area contributed by atoms with E-state index in [0.717, 1.165) is 35.4 Å². The van der Waals surface area contributed by atoms with Gasteiger partial charge in [0.05, 0.1) is 12.3 Å². The highest BCUT2D eigenvalue weighted by atomic mass is 32.1. The average Bonchev–Trinajstić information content (AvgIpc) is 2.81. The molecule has 0 atom stereocenters. The lowest BCUT2D eigenvalue weighted by Gasteiger charge is -2.31. The van der Waals surface area contributed by atoms with Crippen molar-refractivity contribution in [2.45, 2.75) is 39.8 Å². The fourth-order valence-corrected chi connectivity index (χ4v) is 3.80. The molecule has 6 heteroatoms. The van der Waals surface area contributed by atoms with Crippen LogP contribution >= 0.6 is 11.3 Å². The number of ether oxygens (including phenoxy) is 1. The molecule has 0 amide bonds. The van der Waals surface area contributed by atoms with Crippen LogP contribution in [-0.2, 0) is 17.7 Å². The van der Waals surface area contributed by atoms with E-state index >= 15 is 0 Å². The summed E-state index contributed by atoms with van der Waals surface area (Å²) in [6, 6.07) is 2.61. The van der Waals surface area contributed by atoms with Crippen molar-refractivity contribution in [3.8, 4) is 0 Å². The summed E-state index contributed by atoms with van der Waals surface area (Å²) in [5.74, 6) is -0.357. The van der Waals surface area contributed by atoms with Crippen LogP contribution in [0, 0.1) is 0 Å². The summed E-state index contributed by atoms with van der Waals surface area (Å²) in [6.07, 6.45) is 0.940. The number of hydrogen-bond acceptors (Lipinski definition) is 6. The van der Waals surface area contributed by atoms with Crippen LogP contribution in [0.25, 0.3) is 10.2 Å². The van der Waals surface area contributed by atoms with E-state index in [1.807, 2.05) is 0 Å². The molecule has 0 aromatic carbocycles.